The minimum absolute atomic E-state index is 0.530. The van der Waals surface area contributed by atoms with Crippen LogP contribution in [0.3, 0.4) is 0 Å². The van der Waals surface area contributed by atoms with Gasteiger partial charge in [-0.1, -0.05) is 60.7 Å². The van der Waals surface area contributed by atoms with Crippen LogP contribution in [0.15, 0.2) is 11.8 Å². The third-order valence-electron chi connectivity index (χ3n) is 5.23. The largest absolute Gasteiger partial charge is 0.413 e. The maximum absolute atomic E-state index is 4.04. The normalized spacial score (nSPS) is 15.7. The quantitative estimate of drug-likeness (QED) is 0.634. The first-order valence-electron chi connectivity index (χ1n) is 8.65. The summed E-state index contributed by atoms with van der Waals surface area (Å²) in [6, 6.07) is 0.530. The molecule has 1 N–H and O–H groups in total. The van der Waals surface area contributed by atoms with E-state index >= 15 is 0 Å². The monoisotopic (exact) mass is 328 g/mol. The fourth-order valence-corrected chi connectivity index (χ4v) is 10.4. The minimum Gasteiger partial charge on any atom is -0.413 e. The first-order chi connectivity index (χ1) is 9.46. The van der Waals surface area contributed by atoms with Crippen molar-refractivity contribution in [3.05, 3.63) is 11.8 Å². The molecule has 4 heteroatoms. The van der Waals surface area contributed by atoms with E-state index in [0.717, 1.165) is 16.6 Å². The SMILES string of the molecule is CC(=CC(C)N(C)[SiH](C)C)N[Si](C(C)C)(C(C)C)C(C)C. The second-order valence-electron chi connectivity index (χ2n) is 7.87. The molecule has 0 amide bonds. The highest BCUT2D eigenvalue weighted by Gasteiger charge is 2.43. The zero-order valence-electron chi connectivity index (χ0n) is 16.4. The van der Waals surface area contributed by atoms with Gasteiger partial charge in [0.15, 0.2) is 8.24 Å². The third-order valence-corrected chi connectivity index (χ3v) is 13.9. The molecule has 0 saturated carbocycles. The molecule has 0 saturated heterocycles. The summed E-state index contributed by atoms with van der Waals surface area (Å²) < 4.78 is 2.55. The average Bonchev–Trinajstić information content (AvgIpc) is 2.33. The summed E-state index contributed by atoms with van der Waals surface area (Å²) in [5.41, 5.74) is 3.61. The van der Waals surface area contributed by atoms with Crippen LogP contribution in [-0.2, 0) is 0 Å². The number of likely N-dealkylation sites (N-methyl/N-ethyl adjacent to an activating group) is 1. The van der Waals surface area contributed by atoms with Crippen molar-refractivity contribution in [3.63, 3.8) is 0 Å². The van der Waals surface area contributed by atoms with Gasteiger partial charge in [-0.05, 0) is 43.2 Å². The van der Waals surface area contributed by atoms with Crippen LogP contribution in [0.5, 0.6) is 0 Å². The Balaban J connectivity index is 5.27. The van der Waals surface area contributed by atoms with Gasteiger partial charge in [0, 0.05) is 6.04 Å². The van der Waals surface area contributed by atoms with Crippen molar-refractivity contribution in [2.75, 3.05) is 7.05 Å². The Labute approximate surface area is 137 Å². The van der Waals surface area contributed by atoms with Gasteiger partial charge in [-0.25, -0.2) is 0 Å². The van der Waals surface area contributed by atoms with Gasteiger partial charge in [0.25, 0.3) is 0 Å². The molecule has 0 aliphatic rings. The number of rotatable bonds is 8. The van der Waals surface area contributed by atoms with Crippen molar-refractivity contribution in [1.82, 2.24) is 9.55 Å². The molecule has 1 atom stereocenters. The van der Waals surface area contributed by atoms with Crippen molar-refractivity contribution < 1.29 is 0 Å². The maximum atomic E-state index is 4.04. The van der Waals surface area contributed by atoms with E-state index < -0.39 is 17.2 Å². The second-order valence-corrected chi connectivity index (χ2v) is 16.5. The van der Waals surface area contributed by atoms with E-state index in [0.29, 0.717) is 6.04 Å². The lowest BCUT2D eigenvalue weighted by Crippen LogP contribution is -2.57. The fourth-order valence-electron chi connectivity index (χ4n) is 3.77. The highest BCUT2D eigenvalue weighted by molar-refractivity contribution is 6.81. The van der Waals surface area contributed by atoms with Crippen LogP contribution >= 0.6 is 0 Å². The highest BCUT2D eigenvalue weighted by atomic mass is 28.3. The van der Waals surface area contributed by atoms with Crippen molar-refractivity contribution in [3.8, 4) is 0 Å². The molecule has 21 heavy (non-hydrogen) atoms. The lowest BCUT2D eigenvalue weighted by molar-refractivity contribution is 0.467. The molecule has 0 heterocycles. The zero-order chi connectivity index (χ0) is 17.0. The average molecular weight is 329 g/mol. The maximum Gasteiger partial charge on any atom is 0.160 e. The summed E-state index contributed by atoms with van der Waals surface area (Å²) in [6.07, 6.45) is 2.43. The van der Waals surface area contributed by atoms with Crippen molar-refractivity contribution >= 4 is 17.2 Å². The predicted molar refractivity (Wildman–Crippen MR) is 104 cm³/mol. The van der Waals surface area contributed by atoms with Crippen molar-refractivity contribution in [1.29, 1.82) is 0 Å². The lowest BCUT2D eigenvalue weighted by Gasteiger charge is -2.44. The molecule has 0 rings (SSSR count). The van der Waals surface area contributed by atoms with Crippen LogP contribution < -0.4 is 4.98 Å². The van der Waals surface area contributed by atoms with Gasteiger partial charge in [0.2, 0.25) is 0 Å². The molecular weight excluding hydrogens is 288 g/mol. The van der Waals surface area contributed by atoms with Crippen molar-refractivity contribution in [2.45, 2.75) is 91.1 Å². The molecule has 0 aromatic carbocycles. The summed E-state index contributed by atoms with van der Waals surface area (Å²) in [7, 11) is 0.000865. The summed E-state index contributed by atoms with van der Waals surface area (Å²) in [5, 5.41) is 0. The molecular formula is C17H40N2Si2. The third kappa shape index (κ3) is 5.25. The van der Waals surface area contributed by atoms with Crippen molar-refractivity contribution in [2.24, 2.45) is 0 Å². The van der Waals surface area contributed by atoms with Gasteiger partial charge >= 0.3 is 0 Å². The standard InChI is InChI=1S/C17H40N2Si2/c1-13(2)21(14(3)4,15(5)6)18-16(7)12-17(8)19(9)20(10)11/h12-15,17-18,20H,1-11H3. The molecule has 2 nitrogen and oxygen atoms in total. The Hall–Kier alpha value is -0.0662. The molecule has 0 bridgehead atoms. The van der Waals surface area contributed by atoms with Gasteiger partial charge in [-0.15, -0.1) is 0 Å². The van der Waals surface area contributed by atoms with E-state index in [4.69, 9.17) is 0 Å². The number of hydrogen-bond donors (Lipinski definition) is 1. The molecule has 0 spiro atoms. The van der Waals surface area contributed by atoms with Gasteiger partial charge in [0.1, 0.15) is 8.96 Å². The van der Waals surface area contributed by atoms with E-state index in [2.05, 4.69) is 91.2 Å². The van der Waals surface area contributed by atoms with E-state index in [1.807, 2.05) is 0 Å². The zero-order valence-corrected chi connectivity index (χ0v) is 18.6. The molecule has 0 aromatic rings. The van der Waals surface area contributed by atoms with Gasteiger partial charge in [-0.3, -0.25) is 0 Å². The molecule has 0 aliphatic heterocycles. The van der Waals surface area contributed by atoms with Gasteiger partial charge < -0.3 is 9.55 Å². The Morgan fingerprint density at radius 2 is 1.33 bits per heavy atom. The molecule has 126 valence electrons. The molecule has 0 aliphatic carbocycles. The predicted octanol–water partition coefficient (Wildman–Crippen LogP) is 4.96. The number of nitrogens with zero attached hydrogens (tertiary/aromatic N) is 1. The van der Waals surface area contributed by atoms with Gasteiger partial charge in [0.05, 0.1) is 0 Å². The summed E-state index contributed by atoms with van der Waals surface area (Å²) >= 11 is 0. The van der Waals surface area contributed by atoms with E-state index in [1.165, 1.54) is 5.70 Å². The molecule has 0 fully saturated rings. The van der Waals surface area contributed by atoms with Crippen LogP contribution in [0.2, 0.25) is 29.7 Å². The van der Waals surface area contributed by atoms with Crippen LogP contribution in [0, 0.1) is 0 Å². The number of hydrogen-bond acceptors (Lipinski definition) is 2. The topological polar surface area (TPSA) is 15.3 Å². The summed E-state index contributed by atoms with van der Waals surface area (Å²) in [4.78, 5) is 4.04. The molecule has 0 radical (unpaired) electrons. The minimum atomic E-state index is -1.54. The lowest BCUT2D eigenvalue weighted by atomic mass is 10.3. The Morgan fingerprint density at radius 3 is 1.62 bits per heavy atom. The van der Waals surface area contributed by atoms with E-state index in [9.17, 15) is 0 Å². The molecule has 1 unspecified atom stereocenters. The van der Waals surface area contributed by atoms with Crippen LogP contribution in [0.25, 0.3) is 0 Å². The van der Waals surface area contributed by atoms with Crippen LogP contribution in [0.4, 0.5) is 0 Å². The Kier molecular flexibility index (Phi) is 8.51. The van der Waals surface area contributed by atoms with E-state index in [1.54, 1.807) is 0 Å². The van der Waals surface area contributed by atoms with Gasteiger partial charge in [-0.2, -0.15) is 0 Å². The summed E-state index contributed by atoms with van der Waals surface area (Å²) in [5.74, 6) is 0. The molecule has 0 aromatic heterocycles. The smallest absolute Gasteiger partial charge is 0.160 e. The Morgan fingerprint density at radius 1 is 0.952 bits per heavy atom. The van der Waals surface area contributed by atoms with Crippen LogP contribution in [-0.4, -0.2) is 34.8 Å². The fraction of sp³-hybridized carbons (Fsp3) is 0.882. The van der Waals surface area contributed by atoms with Crippen LogP contribution in [0.1, 0.15) is 55.4 Å². The first-order valence-corrected chi connectivity index (χ1v) is 13.7. The second kappa shape index (κ2) is 8.54. The number of allylic oxidation sites excluding steroid dienone is 1. The number of nitrogens with one attached hydrogen (secondary N) is 1. The first kappa shape index (κ1) is 20.9. The highest BCUT2D eigenvalue weighted by Crippen LogP contribution is 2.39. The summed E-state index contributed by atoms with van der Waals surface area (Å²) in [6.45, 7) is 23.8. The van der Waals surface area contributed by atoms with E-state index in [-0.39, 0.29) is 0 Å². The Bertz CT molecular complexity index is 314.